The number of hydrogen-bond donors (Lipinski definition) is 0. The number of sulfonamides is 1. The van der Waals surface area contributed by atoms with Crippen LogP contribution in [0.25, 0.3) is 0 Å². The summed E-state index contributed by atoms with van der Waals surface area (Å²) in [5.41, 5.74) is 1.95. The first kappa shape index (κ1) is 22.3. The molecule has 0 radical (unpaired) electrons. The molecule has 2 heterocycles. The monoisotopic (exact) mass is 458 g/mol. The predicted molar refractivity (Wildman–Crippen MR) is 118 cm³/mol. The molecule has 1 amide bonds. The molecule has 2 aliphatic heterocycles. The summed E-state index contributed by atoms with van der Waals surface area (Å²) in [4.78, 5) is 27.0. The number of para-hydroxylation sites is 1. The molecule has 0 aliphatic carbocycles. The molecule has 8 nitrogen and oxygen atoms in total. The number of nitrogens with zero attached hydrogens (tertiary/aromatic N) is 2. The maximum absolute atomic E-state index is 13.0. The molecule has 1 saturated heterocycles. The zero-order valence-corrected chi connectivity index (χ0v) is 18.9. The van der Waals surface area contributed by atoms with E-state index in [1.54, 1.807) is 4.90 Å². The average molecular weight is 459 g/mol. The van der Waals surface area contributed by atoms with E-state index in [-0.39, 0.29) is 28.2 Å². The Kier molecular flexibility index (Phi) is 6.21. The van der Waals surface area contributed by atoms with E-state index >= 15 is 0 Å². The van der Waals surface area contributed by atoms with Gasteiger partial charge in [0.1, 0.15) is 10.6 Å². The molecule has 4 rings (SSSR count). The highest BCUT2D eigenvalue weighted by Gasteiger charge is 2.32. The average Bonchev–Trinajstić information content (AvgIpc) is 3.44. The van der Waals surface area contributed by atoms with Crippen molar-refractivity contribution in [3.05, 3.63) is 53.6 Å². The van der Waals surface area contributed by atoms with Gasteiger partial charge in [-0.15, -0.1) is 0 Å². The highest BCUT2D eigenvalue weighted by atomic mass is 32.2. The third-order valence-corrected chi connectivity index (χ3v) is 7.80. The lowest BCUT2D eigenvalue weighted by Gasteiger charge is -2.22. The van der Waals surface area contributed by atoms with Crippen LogP contribution >= 0.6 is 0 Å². The van der Waals surface area contributed by atoms with Gasteiger partial charge < -0.3 is 14.4 Å². The first-order chi connectivity index (χ1) is 15.3. The molecular weight excluding hydrogens is 432 g/mol. The molecule has 0 aromatic heterocycles. The van der Waals surface area contributed by atoms with E-state index in [1.807, 2.05) is 31.2 Å². The maximum Gasteiger partial charge on any atom is 0.338 e. The number of carbonyl (C=O) groups is 2. The number of fused-ring (bicyclic) bond motifs is 1. The van der Waals surface area contributed by atoms with Crippen LogP contribution in [-0.4, -0.2) is 57.4 Å². The van der Waals surface area contributed by atoms with Crippen molar-refractivity contribution >= 4 is 27.6 Å². The summed E-state index contributed by atoms with van der Waals surface area (Å²) in [5, 5.41) is 0. The summed E-state index contributed by atoms with van der Waals surface area (Å²) in [6, 6.07) is 11.7. The molecule has 0 saturated carbocycles. The van der Waals surface area contributed by atoms with Crippen LogP contribution in [-0.2, 0) is 26.0 Å². The zero-order valence-electron chi connectivity index (χ0n) is 18.1. The van der Waals surface area contributed by atoms with Gasteiger partial charge in [-0.3, -0.25) is 4.79 Å². The molecule has 2 aromatic rings. The quantitative estimate of drug-likeness (QED) is 0.618. The van der Waals surface area contributed by atoms with Gasteiger partial charge in [-0.1, -0.05) is 18.2 Å². The molecule has 170 valence electrons. The van der Waals surface area contributed by atoms with Gasteiger partial charge in [0.05, 0.1) is 12.7 Å². The Morgan fingerprint density at radius 1 is 1.09 bits per heavy atom. The number of rotatable bonds is 6. The van der Waals surface area contributed by atoms with E-state index in [1.165, 1.54) is 29.6 Å². The summed E-state index contributed by atoms with van der Waals surface area (Å²) in [5.74, 6) is -0.930. The molecule has 0 bridgehead atoms. The minimum atomic E-state index is -3.80. The number of carbonyl (C=O) groups excluding carboxylic acids is 2. The standard InChI is InChI=1S/C23H26N2O6S/c1-16-13-17-7-3-4-8-19(17)25(16)22(26)15-31-23(27)18-9-10-20(30-2)21(14-18)32(28,29)24-11-5-6-12-24/h3-4,7-10,14,16H,5-6,11-13,15H2,1-2H3. The van der Waals surface area contributed by atoms with Crippen molar-refractivity contribution in [2.24, 2.45) is 0 Å². The van der Waals surface area contributed by atoms with Crippen LogP contribution in [0.2, 0.25) is 0 Å². The minimum Gasteiger partial charge on any atom is -0.495 e. The molecule has 1 fully saturated rings. The van der Waals surface area contributed by atoms with Crippen LogP contribution in [0.1, 0.15) is 35.7 Å². The third-order valence-electron chi connectivity index (χ3n) is 5.88. The van der Waals surface area contributed by atoms with Crippen molar-refractivity contribution in [3.63, 3.8) is 0 Å². The first-order valence-electron chi connectivity index (χ1n) is 10.6. The fourth-order valence-corrected chi connectivity index (χ4v) is 6.00. The summed E-state index contributed by atoms with van der Waals surface area (Å²) in [6.45, 7) is 2.38. The number of ether oxygens (including phenoxy) is 2. The highest BCUT2D eigenvalue weighted by Crippen LogP contribution is 2.32. The first-order valence-corrected chi connectivity index (χ1v) is 12.0. The largest absolute Gasteiger partial charge is 0.495 e. The van der Waals surface area contributed by atoms with Gasteiger partial charge in [0.2, 0.25) is 10.0 Å². The number of benzene rings is 2. The Labute approximate surface area is 187 Å². The molecule has 2 aliphatic rings. The zero-order chi connectivity index (χ0) is 22.9. The van der Waals surface area contributed by atoms with Crippen molar-refractivity contribution in [2.45, 2.75) is 37.1 Å². The Morgan fingerprint density at radius 2 is 1.81 bits per heavy atom. The Hall–Kier alpha value is -2.91. The van der Waals surface area contributed by atoms with Crippen LogP contribution in [0, 0.1) is 0 Å². The van der Waals surface area contributed by atoms with E-state index in [9.17, 15) is 18.0 Å². The van der Waals surface area contributed by atoms with Gasteiger partial charge in [-0.05, 0) is 56.0 Å². The molecule has 32 heavy (non-hydrogen) atoms. The van der Waals surface area contributed by atoms with E-state index in [4.69, 9.17) is 9.47 Å². The second kappa shape index (κ2) is 8.91. The molecule has 9 heteroatoms. The number of anilines is 1. The van der Waals surface area contributed by atoms with Crippen LogP contribution in [0.3, 0.4) is 0 Å². The lowest BCUT2D eigenvalue weighted by molar-refractivity contribution is -0.122. The van der Waals surface area contributed by atoms with E-state index in [2.05, 4.69) is 0 Å². The van der Waals surface area contributed by atoms with Crippen molar-refractivity contribution in [1.82, 2.24) is 4.31 Å². The summed E-state index contributed by atoms with van der Waals surface area (Å²) in [7, 11) is -2.42. The molecule has 1 unspecified atom stereocenters. The molecule has 2 aromatic carbocycles. The highest BCUT2D eigenvalue weighted by molar-refractivity contribution is 7.89. The van der Waals surface area contributed by atoms with Crippen molar-refractivity contribution in [1.29, 1.82) is 0 Å². The minimum absolute atomic E-state index is 0.0307. The third kappa shape index (κ3) is 4.10. The van der Waals surface area contributed by atoms with Crippen LogP contribution in [0.4, 0.5) is 5.69 Å². The predicted octanol–water partition coefficient (Wildman–Crippen LogP) is 2.61. The van der Waals surface area contributed by atoms with Gasteiger partial charge in [0.15, 0.2) is 6.61 Å². The summed E-state index contributed by atoms with van der Waals surface area (Å²) < 4.78 is 37.9. The van der Waals surface area contributed by atoms with E-state index < -0.39 is 22.6 Å². The van der Waals surface area contributed by atoms with Crippen LogP contribution in [0.5, 0.6) is 5.75 Å². The Balaban J connectivity index is 1.50. The van der Waals surface area contributed by atoms with Crippen molar-refractivity contribution in [3.8, 4) is 5.75 Å². The lowest BCUT2D eigenvalue weighted by atomic mass is 10.1. The second-order valence-electron chi connectivity index (χ2n) is 8.00. The fourth-order valence-electron chi connectivity index (χ4n) is 4.30. The molecule has 0 N–H and O–H groups in total. The van der Waals surface area contributed by atoms with Crippen molar-refractivity contribution in [2.75, 3.05) is 31.7 Å². The Bertz CT molecular complexity index is 1140. The van der Waals surface area contributed by atoms with Gasteiger partial charge >= 0.3 is 5.97 Å². The fraction of sp³-hybridized carbons (Fsp3) is 0.391. The normalized spacial score (nSPS) is 18.4. The smallest absolute Gasteiger partial charge is 0.338 e. The van der Waals surface area contributed by atoms with Crippen LogP contribution < -0.4 is 9.64 Å². The van der Waals surface area contributed by atoms with E-state index in [0.29, 0.717) is 13.1 Å². The molecule has 1 atom stereocenters. The second-order valence-corrected chi connectivity index (χ2v) is 9.90. The molecule has 0 spiro atoms. The van der Waals surface area contributed by atoms with Gasteiger partial charge in [-0.25, -0.2) is 13.2 Å². The van der Waals surface area contributed by atoms with Gasteiger partial charge in [0, 0.05) is 24.8 Å². The topological polar surface area (TPSA) is 93.2 Å². The number of methoxy groups -OCH3 is 1. The SMILES string of the molecule is COc1ccc(C(=O)OCC(=O)N2c3ccccc3CC2C)cc1S(=O)(=O)N1CCCC1. The molecular formula is C23H26N2O6S. The number of esters is 1. The number of hydrogen-bond acceptors (Lipinski definition) is 6. The van der Waals surface area contributed by atoms with Gasteiger partial charge in [-0.2, -0.15) is 4.31 Å². The van der Waals surface area contributed by atoms with Crippen LogP contribution in [0.15, 0.2) is 47.4 Å². The van der Waals surface area contributed by atoms with Gasteiger partial charge in [0.25, 0.3) is 5.91 Å². The van der Waals surface area contributed by atoms with Crippen molar-refractivity contribution < 1.29 is 27.5 Å². The lowest BCUT2D eigenvalue weighted by Crippen LogP contribution is -2.38. The summed E-state index contributed by atoms with van der Waals surface area (Å²) >= 11 is 0. The summed E-state index contributed by atoms with van der Waals surface area (Å²) in [6.07, 6.45) is 2.33. The maximum atomic E-state index is 13.0. The Morgan fingerprint density at radius 3 is 2.53 bits per heavy atom. The number of amides is 1. The van der Waals surface area contributed by atoms with E-state index in [0.717, 1.165) is 30.5 Å².